The monoisotopic (exact) mass is 447 g/mol. The molecule has 0 saturated carbocycles. The molecule has 1 aromatic heterocycles. The van der Waals surface area contributed by atoms with Gasteiger partial charge in [-0.2, -0.15) is 0 Å². The summed E-state index contributed by atoms with van der Waals surface area (Å²) in [5.74, 6) is 0.0876. The van der Waals surface area contributed by atoms with Gasteiger partial charge in [0.15, 0.2) is 0 Å². The van der Waals surface area contributed by atoms with E-state index in [9.17, 15) is 13.2 Å². The molecule has 1 atom stereocenters. The highest BCUT2D eigenvalue weighted by Crippen LogP contribution is 2.43. The lowest BCUT2D eigenvalue weighted by atomic mass is 9.91. The molecule has 1 aromatic carbocycles. The summed E-state index contributed by atoms with van der Waals surface area (Å²) in [6.07, 6.45) is 5.19. The minimum atomic E-state index is -3.22. The predicted octanol–water partition coefficient (Wildman–Crippen LogP) is 4.16. The zero-order valence-electron chi connectivity index (χ0n) is 17.4. The highest BCUT2D eigenvalue weighted by atomic mass is 35.5. The number of carbonyl (C=O) groups excluding carboxylic acids is 1. The van der Waals surface area contributed by atoms with Crippen LogP contribution in [0.25, 0.3) is 0 Å². The van der Waals surface area contributed by atoms with Crippen molar-refractivity contribution in [3.8, 4) is 0 Å². The van der Waals surface area contributed by atoms with Crippen molar-refractivity contribution in [1.82, 2.24) is 9.29 Å². The molecule has 0 bridgehead atoms. The molecule has 2 aliphatic rings. The molecule has 8 heteroatoms. The number of hydrogen-bond acceptors (Lipinski definition) is 4. The highest BCUT2D eigenvalue weighted by molar-refractivity contribution is 7.89. The average Bonchev–Trinajstić information content (AvgIpc) is 2.93. The number of benzene rings is 1. The lowest BCUT2D eigenvalue weighted by Gasteiger charge is -2.34. The zero-order valence-corrected chi connectivity index (χ0v) is 19.0. The number of nitrogens with zero attached hydrogens (tertiary/aromatic N) is 3. The number of rotatable bonds is 4. The summed E-state index contributed by atoms with van der Waals surface area (Å²) < 4.78 is 26.3. The molecule has 0 spiro atoms. The second-order valence-corrected chi connectivity index (χ2v) is 11.2. The van der Waals surface area contributed by atoms with E-state index in [-0.39, 0.29) is 17.6 Å². The van der Waals surface area contributed by atoms with Crippen LogP contribution in [0.4, 0.5) is 5.69 Å². The Labute approximate surface area is 182 Å². The van der Waals surface area contributed by atoms with E-state index < -0.39 is 15.6 Å². The second-order valence-electron chi connectivity index (χ2n) is 8.46. The van der Waals surface area contributed by atoms with E-state index >= 15 is 0 Å². The van der Waals surface area contributed by atoms with Crippen molar-refractivity contribution in [2.24, 2.45) is 0 Å². The van der Waals surface area contributed by atoms with Crippen molar-refractivity contribution >= 4 is 33.2 Å². The summed E-state index contributed by atoms with van der Waals surface area (Å²) in [4.78, 5) is 19.4. The van der Waals surface area contributed by atoms with Gasteiger partial charge >= 0.3 is 0 Å². The molecule has 1 unspecified atom stereocenters. The van der Waals surface area contributed by atoms with E-state index in [1.165, 1.54) is 0 Å². The maximum absolute atomic E-state index is 13.2. The summed E-state index contributed by atoms with van der Waals surface area (Å²) in [5.41, 5.74) is 2.64. The normalized spacial score (nSPS) is 21.7. The van der Waals surface area contributed by atoms with Crippen molar-refractivity contribution in [3.05, 3.63) is 58.4 Å². The van der Waals surface area contributed by atoms with Crippen LogP contribution in [0.3, 0.4) is 0 Å². The fraction of sp³-hybridized carbons (Fsp3) is 0.455. The Hall–Kier alpha value is -1.96. The maximum Gasteiger partial charge on any atom is 0.259 e. The molecule has 2 aliphatic heterocycles. The van der Waals surface area contributed by atoms with Gasteiger partial charge in [0.1, 0.15) is 0 Å². The fourth-order valence-corrected chi connectivity index (χ4v) is 5.94. The van der Waals surface area contributed by atoms with Gasteiger partial charge in [-0.05, 0) is 74.9 Å². The number of amides is 1. The summed E-state index contributed by atoms with van der Waals surface area (Å²) in [5, 5.41) is 0.600. The van der Waals surface area contributed by atoms with Crippen LogP contribution in [0, 0.1) is 0 Å². The van der Waals surface area contributed by atoms with Crippen molar-refractivity contribution < 1.29 is 13.2 Å². The van der Waals surface area contributed by atoms with E-state index in [0.717, 1.165) is 24.0 Å². The summed E-state index contributed by atoms with van der Waals surface area (Å²) in [7, 11) is -3.22. The molecule has 0 aliphatic carbocycles. The minimum Gasteiger partial charge on any atom is -0.297 e. The van der Waals surface area contributed by atoms with Crippen molar-refractivity contribution in [2.45, 2.75) is 45.1 Å². The Kier molecular flexibility index (Phi) is 5.41. The number of anilines is 1. The quantitative estimate of drug-likeness (QED) is 0.705. The Morgan fingerprint density at radius 1 is 1.23 bits per heavy atom. The summed E-state index contributed by atoms with van der Waals surface area (Å²) in [6, 6.07) is 7.33. The van der Waals surface area contributed by atoms with Crippen LogP contribution >= 0.6 is 11.6 Å². The number of carbonyl (C=O) groups is 1. The van der Waals surface area contributed by atoms with Gasteiger partial charge in [-0.25, -0.2) is 12.7 Å². The van der Waals surface area contributed by atoms with Crippen LogP contribution in [0.5, 0.6) is 0 Å². The molecule has 4 rings (SSSR count). The van der Waals surface area contributed by atoms with Crippen LogP contribution in [0.2, 0.25) is 5.02 Å². The van der Waals surface area contributed by atoms with Crippen LogP contribution in [0.15, 0.2) is 36.7 Å². The molecule has 3 heterocycles. The number of halogens is 1. The molecular formula is C22H26ClN3O3S. The second kappa shape index (κ2) is 7.62. The van der Waals surface area contributed by atoms with E-state index in [0.29, 0.717) is 29.4 Å². The SMILES string of the molecule is CCS(=O)(=O)N1CCCC(c2cncc(N3C(=O)c4ccc(Cl)cc4C3(C)C)c2)C1. The van der Waals surface area contributed by atoms with E-state index in [2.05, 4.69) is 4.98 Å². The third-order valence-corrected chi connectivity index (χ3v) is 8.33. The molecule has 0 radical (unpaired) electrons. The average molecular weight is 448 g/mol. The number of pyridine rings is 1. The van der Waals surface area contributed by atoms with Gasteiger partial charge in [0.25, 0.3) is 5.91 Å². The number of hydrogen-bond donors (Lipinski definition) is 0. The molecule has 1 fully saturated rings. The van der Waals surface area contributed by atoms with Gasteiger partial charge in [0.2, 0.25) is 10.0 Å². The van der Waals surface area contributed by atoms with E-state index in [1.807, 2.05) is 26.0 Å². The first kappa shape index (κ1) is 21.3. The molecule has 2 aromatic rings. The van der Waals surface area contributed by atoms with E-state index in [1.54, 1.807) is 40.7 Å². The molecule has 1 amide bonds. The number of fused-ring (bicyclic) bond motifs is 1. The van der Waals surface area contributed by atoms with Gasteiger partial charge in [-0.15, -0.1) is 0 Å². The Morgan fingerprint density at radius 2 is 2.00 bits per heavy atom. The Bertz CT molecular complexity index is 1100. The van der Waals surface area contributed by atoms with Gasteiger partial charge in [0.05, 0.1) is 23.2 Å². The largest absolute Gasteiger partial charge is 0.297 e. The highest BCUT2D eigenvalue weighted by Gasteiger charge is 2.44. The fourth-order valence-electron chi connectivity index (χ4n) is 4.58. The standard InChI is InChI=1S/C22H26ClN3O3S/c1-4-30(28,29)25-9-5-6-15(14-25)16-10-18(13-24-12-16)26-21(27)19-8-7-17(23)11-20(19)22(26,2)3/h7-8,10-13,15H,4-6,9,14H2,1-3H3. The third-order valence-electron chi connectivity index (χ3n) is 6.25. The summed E-state index contributed by atoms with van der Waals surface area (Å²) in [6.45, 7) is 6.68. The maximum atomic E-state index is 13.2. The van der Waals surface area contributed by atoms with Crippen LogP contribution < -0.4 is 4.90 Å². The molecule has 160 valence electrons. The molecular weight excluding hydrogens is 422 g/mol. The van der Waals surface area contributed by atoms with Gasteiger partial charge in [-0.3, -0.25) is 14.7 Å². The first-order chi connectivity index (χ1) is 14.1. The molecule has 1 saturated heterocycles. The summed E-state index contributed by atoms with van der Waals surface area (Å²) >= 11 is 6.19. The topological polar surface area (TPSA) is 70.6 Å². The predicted molar refractivity (Wildman–Crippen MR) is 119 cm³/mol. The number of aromatic nitrogens is 1. The van der Waals surface area contributed by atoms with Gasteiger partial charge < -0.3 is 0 Å². The molecule has 6 nitrogen and oxygen atoms in total. The van der Waals surface area contributed by atoms with Crippen LogP contribution in [-0.4, -0.2) is 42.5 Å². The van der Waals surface area contributed by atoms with Crippen LogP contribution in [-0.2, 0) is 15.6 Å². The van der Waals surface area contributed by atoms with Crippen molar-refractivity contribution in [3.63, 3.8) is 0 Å². The Morgan fingerprint density at radius 3 is 2.73 bits per heavy atom. The first-order valence-corrected chi connectivity index (χ1v) is 12.2. The zero-order chi connectivity index (χ0) is 21.7. The van der Waals surface area contributed by atoms with Crippen molar-refractivity contribution in [1.29, 1.82) is 0 Å². The van der Waals surface area contributed by atoms with E-state index in [4.69, 9.17) is 11.6 Å². The minimum absolute atomic E-state index is 0.0603. The first-order valence-electron chi connectivity index (χ1n) is 10.2. The molecule has 30 heavy (non-hydrogen) atoms. The Balaban J connectivity index is 1.67. The molecule has 0 N–H and O–H groups in total. The van der Waals surface area contributed by atoms with Gasteiger partial charge in [-0.1, -0.05) is 11.6 Å². The number of piperidine rings is 1. The third kappa shape index (κ3) is 3.53. The lowest BCUT2D eigenvalue weighted by molar-refractivity contribution is 0.0982. The smallest absolute Gasteiger partial charge is 0.259 e. The van der Waals surface area contributed by atoms with Crippen LogP contribution in [0.1, 0.15) is 61.0 Å². The van der Waals surface area contributed by atoms with Gasteiger partial charge in [0, 0.05) is 29.9 Å². The lowest BCUT2D eigenvalue weighted by Crippen LogP contribution is -2.40. The van der Waals surface area contributed by atoms with Crippen molar-refractivity contribution in [2.75, 3.05) is 23.7 Å². The number of sulfonamides is 1.